The molecule has 8 heteroatoms. The van der Waals surface area contributed by atoms with E-state index in [0.717, 1.165) is 46.8 Å². The summed E-state index contributed by atoms with van der Waals surface area (Å²) in [7, 11) is 1.31. The number of carbonyl (C=O) groups is 1. The molecular formula is C20H22N4O3S. The molecule has 3 N–H and O–H groups in total. The average Bonchev–Trinajstić information content (AvgIpc) is 3.10. The van der Waals surface area contributed by atoms with Crippen LogP contribution in [0, 0.1) is 0 Å². The van der Waals surface area contributed by atoms with Gasteiger partial charge >= 0.3 is 6.09 Å². The molecule has 0 unspecified atom stereocenters. The molecule has 146 valence electrons. The van der Waals surface area contributed by atoms with Gasteiger partial charge in [-0.25, -0.2) is 9.78 Å². The lowest BCUT2D eigenvalue weighted by Gasteiger charge is -2.31. The maximum atomic E-state index is 11.3. The van der Waals surface area contributed by atoms with Crippen LogP contribution in [0.2, 0.25) is 0 Å². The van der Waals surface area contributed by atoms with Gasteiger partial charge in [-0.1, -0.05) is 11.8 Å². The molecule has 28 heavy (non-hydrogen) atoms. The number of anilines is 2. The second kappa shape index (κ2) is 8.12. The minimum Gasteiger partial charge on any atom is -0.453 e. The van der Waals surface area contributed by atoms with Gasteiger partial charge in [-0.15, -0.1) is 0 Å². The lowest BCUT2D eigenvalue weighted by atomic mass is 10.1. The molecule has 0 atom stereocenters. The summed E-state index contributed by atoms with van der Waals surface area (Å²) < 4.78 is 4.58. The molecule has 0 saturated carbocycles. The Bertz CT molecular complexity index is 965. The number of H-pyrrole nitrogens is 1. The highest BCUT2D eigenvalue weighted by Gasteiger charge is 2.17. The van der Waals surface area contributed by atoms with Crippen molar-refractivity contribution in [3.05, 3.63) is 42.5 Å². The highest BCUT2D eigenvalue weighted by molar-refractivity contribution is 7.99. The predicted molar refractivity (Wildman–Crippen MR) is 110 cm³/mol. The fourth-order valence-corrected chi connectivity index (χ4v) is 4.09. The maximum Gasteiger partial charge on any atom is 0.413 e. The van der Waals surface area contributed by atoms with E-state index < -0.39 is 6.09 Å². The number of methoxy groups -OCH3 is 1. The van der Waals surface area contributed by atoms with Crippen LogP contribution in [0.4, 0.5) is 16.4 Å². The van der Waals surface area contributed by atoms with Crippen molar-refractivity contribution in [2.45, 2.75) is 28.7 Å². The van der Waals surface area contributed by atoms with Crippen molar-refractivity contribution < 1.29 is 14.6 Å². The zero-order valence-electron chi connectivity index (χ0n) is 15.5. The van der Waals surface area contributed by atoms with Crippen molar-refractivity contribution in [2.24, 2.45) is 0 Å². The molecule has 0 radical (unpaired) electrons. The third kappa shape index (κ3) is 4.23. The number of hydrogen-bond acceptors (Lipinski definition) is 6. The Labute approximate surface area is 167 Å². The number of imidazole rings is 1. The first-order valence-electron chi connectivity index (χ1n) is 9.16. The van der Waals surface area contributed by atoms with Crippen molar-refractivity contribution in [1.29, 1.82) is 0 Å². The number of amides is 1. The normalized spacial score (nSPS) is 15.0. The van der Waals surface area contributed by atoms with Crippen molar-refractivity contribution in [3.8, 4) is 0 Å². The average molecular weight is 398 g/mol. The lowest BCUT2D eigenvalue weighted by Crippen LogP contribution is -2.35. The standard InChI is InChI=1S/C20H22N4O3S/c1-27-20(26)23-19-21-17-7-6-16(12-18(17)22-19)28-15-4-2-13(3-5-15)24-10-8-14(25)9-11-24/h2-7,12,14,25H,8-11H2,1H3,(H2,21,22,23,26). The Morgan fingerprint density at radius 1 is 1.21 bits per heavy atom. The van der Waals surface area contributed by atoms with Gasteiger partial charge in [0.2, 0.25) is 5.95 Å². The molecule has 0 bridgehead atoms. The quantitative estimate of drug-likeness (QED) is 0.618. The van der Waals surface area contributed by atoms with Gasteiger partial charge in [0.15, 0.2) is 0 Å². The van der Waals surface area contributed by atoms with Crippen LogP contribution >= 0.6 is 11.8 Å². The number of nitrogens with zero attached hydrogens (tertiary/aromatic N) is 2. The first kappa shape index (κ1) is 18.6. The summed E-state index contributed by atoms with van der Waals surface area (Å²) in [6, 6.07) is 14.4. The maximum absolute atomic E-state index is 11.3. The molecule has 2 aromatic carbocycles. The first-order valence-corrected chi connectivity index (χ1v) is 9.98. The number of aliphatic hydroxyl groups is 1. The molecule has 2 heterocycles. The van der Waals surface area contributed by atoms with Crippen LogP contribution < -0.4 is 10.2 Å². The van der Waals surface area contributed by atoms with Crippen molar-refractivity contribution in [3.63, 3.8) is 0 Å². The van der Waals surface area contributed by atoms with E-state index in [2.05, 4.69) is 49.2 Å². The highest BCUT2D eigenvalue weighted by Crippen LogP contribution is 2.31. The summed E-state index contributed by atoms with van der Waals surface area (Å²) in [6.45, 7) is 1.79. The fraction of sp³-hybridized carbons (Fsp3) is 0.300. The number of fused-ring (bicyclic) bond motifs is 1. The molecule has 0 spiro atoms. The van der Waals surface area contributed by atoms with Crippen molar-refractivity contribution >= 4 is 40.5 Å². The Hall–Kier alpha value is -2.71. The zero-order chi connectivity index (χ0) is 19.5. The Morgan fingerprint density at radius 2 is 1.93 bits per heavy atom. The largest absolute Gasteiger partial charge is 0.453 e. The molecule has 0 aliphatic carbocycles. The number of carbonyl (C=O) groups excluding carboxylic acids is 1. The molecule has 7 nitrogen and oxygen atoms in total. The number of ether oxygens (including phenoxy) is 1. The third-order valence-electron chi connectivity index (χ3n) is 4.76. The van der Waals surface area contributed by atoms with Crippen molar-refractivity contribution in [1.82, 2.24) is 9.97 Å². The summed E-state index contributed by atoms with van der Waals surface area (Å²) in [6.07, 6.45) is 0.934. The van der Waals surface area contributed by atoms with Crippen LogP contribution in [0.1, 0.15) is 12.8 Å². The van der Waals surface area contributed by atoms with E-state index in [0.29, 0.717) is 5.95 Å². The van der Waals surface area contributed by atoms with Gasteiger partial charge in [-0.3, -0.25) is 5.32 Å². The lowest BCUT2D eigenvalue weighted by molar-refractivity contribution is 0.145. The zero-order valence-corrected chi connectivity index (χ0v) is 16.3. The molecule has 1 aliphatic rings. The molecule has 3 aromatic rings. The molecule has 1 aliphatic heterocycles. The van der Waals surface area contributed by atoms with E-state index in [4.69, 9.17) is 0 Å². The molecular weight excluding hydrogens is 376 g/mol. The summed E-state index contributed by atoms with van der Waals surface area (Å²) in [5.74, 6) is 0.361. The Kier molecular flexibility index (Phi) is 5.40. The van der Waals surface area contributed by atoms with Crippen LogP contribution in [0.3, 0.4) is 0 Å². The summed E-state index contributed by atoms with van der Waals surface area (Å²) in [4.78, 5) is 23.3. The van der Waals surface area contributed by atoms with E-state index in [-0.39, 0.29) is 6.10 Å². The second-order valence-electron chi connectivity index (χ2n) is 6.70. The van der Waals surface area contributed by atoms with Gasteiger partial charge in [-0.2, -0.15) is 0 Å². The highest BCUT2D eigenvalue weighted by atomic mass is 32.2. The Balaban J connectivity index is 1.44. The number of benzene rings is 2. The number of aromatic amines is 1. The SMILES string of the molecule is COC(=O)Nc1nc2cc(Sc3ccc(N4CCC(O)CC4)cc3)ccc2[nH]1. The van der Waals surface area contributed by atoms with Crippen LogP contribution in [0.5, 0.6) is 0 Å². The second-order valence-corrected chi connectivity index (χ2v) is 7.84. The van der Waals surface area contributed by atoms with Gasteiger partial charge < -0.3 is 19.7 Å². The van der Waals surface area contributed by atoms with E-state index in [1.807, 2.05) is 18.2 Å². The monoisotopic (exact) mass is 398 g/mol. The molecule has 1 amide bonds. The number of hydrogen-bond donors (Lipinski definition) is 3. The summed E-state index contributed by atoms with van der Waals surface area (Å²) >= 11 is 1.66. The molecule has 1 saturated heterocycles. The van der Waals surface area contributed by atoms with Crippen LogP contribution in [-0.4, -0.2) is 47.5 Å². The van der Waals surface area contributed by atoms with Crippen LogP contribution in [-0.2, 0) is 4.74 Å². The minimum absolute atomic E-state index is 0.161. The fourth-order valence-electron chi connectivity index (χ4n) is 3.24. The Morgan fingerprint density at radius 3 is 2.64 bits per heavy atom. The van der Waals surface area contributed by atoms with E-state index in [1.54, 1.807) is 11.8 Å². The van der Waals surface area contributed by atoms with Crippen LogP contribution in [0.25, 0.3) is 11.0 Å². The van der Waals surface area contributed by atoms with Gasteiger partial charge in [0.25, 0.3) is 0 Å². The number of rotatable bonds is 4. The van der Waals surface area contributed by atoms with E-state index in [1.165, 1.54) is 12.8 Å². The number of aliphatic hydroxyl groups excluding tert-OH is 1. The van der Waals surface area contributed by atoms with E-state index >= 15 is 0 Å². The van der Waals surface area contributed by atoms with Gasteiger partial charge in [0, 0.05) is 28.6 Å². The van der Waals surface area contributed by atoms with Gasteiger partial charge in [0.1, 0.15) is 0 Å². The number of piperidine rings is 1. The van der Waals surface area contributed by atoms with Gasteiger partial charge in [-0.05, 0) is 55.3 Å². The smallest absolute Gasteiger partial charge is 0.413 e. The first-order chi connectivity index (χ1) is 13.6. The topological polar surface area (TPSA) is 90.5 Å². The van der Waals surface area contributed by atoms with Crippen molar-refractivity contribution in [2.75, 3.05) is 30.4 Å². The molecule has 4 rings (SSSR count). The molecule has 1 aromatic heterocycles. The number of nitrogens with one attached hydrogen (secondary N) is 2. The summed E-state index contributed by atoms with van der Waals surface area (Å²) in [5.41, 5.74) is 2.82. The predicted octanol–water partition coefficient (Wildman–Crippen LogP) is 3.85. The summed E-state index contributed by atoms with van der Waals surface area (Å²) in [5, 5.41) is 12.2. The van der Waals surface area contributed by atoms with Gasteiger partial charge in [0.05, 0.1) is 24.2 Å². The third-order valence-corrected chi connectivity index (χ3v) is 5.76. The molecule has 1 fully saturated rings. The minimum atomic E-state index is -0.558. The van der Waals surface area contributed by atoms with Crippen LogP contribution in [0.15, 0.2) is 52.3 Å². The van der Waals surface area contributed by atoms with E-state index in [9.17, 15) is 9.90 Å². The number of aromatic nitrogens is 2.